The topological polar surface area (TPSA) is 48.2 Å². The minimum absolute atomic E-state index is 0. The molecule has 0 aliphatic rings. The Hall–Kier alpha value is 0.420. The van der Waals surface area contributed by atoms with Gasteiger partial charge < -0.3 is 4.24 Å². The van der Waals surface area contributed by atoms with Crippen LogP contribution < -0.4 is 29.6 Å². The summed E-state index contributed by atoms with van der Waals surface area (Å²) in [4.78, 5) is 0.123. The van der Waals surface area contributed by atoms with Gasteiger partial charge in [-0.15, -0.1) is 0 Å². The van der Waals surface area contributed by atoms with E-state index in [0.717, 1.165) is 5.56 Å². The first-order chi connectivity index (χ1) is 5.56. The van der Waals surface area contributed by atoms with Gasteiger partial charge in [-0.05, 0) is 24.6 Å². The van der Waals surface area contributed by atoms with Gasteiger partial charge >= 0.3 is 29.6 Å². The van der Waals surface area contributed by atoms with Crippen molar-refractivity contribution in [2.75, 3.05) is 0 Å². The molecule has 1 rings (SSSR count). The molecule has 0 radical (unpaired) electrons. The first kappa shape index (κ1) is 13.4. The van der Waals surface area contributed by atoms with E-state index in [2.05, 4.69) is 4.24 Å². The molecule has 0 unspecified atom stereocenters. The van der Waals surface area contributed by atoms with E-state index >= 15 is 0 Å². The summed E-state index contributed by atoms with van der Waals surface area (Å²) < 4.78 is 24.9. The summed E-state index contributed by atoms with van der Waals surface area (Å²) in [6.07, 6.45) is 0. The zero-order chi connectivity index (χ0) is 9.19. The number of benzene rings is 1. The first-order valence-electron chi connectivity index (χ1n) is 3.21. The molecule has 0 heterocycles. The van der Waals surface area contributed by atoms with E-state index in [9.17, 15) is 8.42 Å². The zero-order valence-corrected chi connectivity index (χ0v) is 10.9. The van der Waals surface area contributed by atoms with Crippen LogP contribution in [0.4, 0.5) is 0 Å². The van der Waals surface area contributed by atoms with Crippen molar-refractivity contribution in [3.63, 3.8) is 0 Å². The molecule has 0 saturated carbocycles. The molecule has 0 N–H and O–H groups in total. The monoisotopic (exact) mass is 227 g/mol. The van der Waals surface area contributed by atoms with Crippen LogP contribution in [0.2, 0.25) is 0 Å². The fourth-order valence-corrected chi connectivity index (χ4v) is 1.72. The first-order valence-corrected chi connectivity index (χ1v) is 4.99. The normalized spacial score (nSPS) is 10.6. The molecule has 0 aliphatic carbocycles. The van der Waals surface area contributed by atoms with Crippen LogP contribution in [0.25, 0.3) is 4.24 Å². The summed E-state index contributed by atoms with van der Waals surface area (Å²) in [7, 11) is -3.63. The minimum Gasteiger partial charge on any atom is -0.458 e. The van der Waals surface area contributed by atoms with Crippen molar-refractivity contribution in [2.45, 2.75) is 11.8 Å². The van der Waals surface area contributed by atoms with Gasteiger partial charge in [0.05, 0.1) is 0 Å². The Morgan fingerprint density at radius 2 is 2.00 bits per heavy atom. The van der Waals surface area contributed by atoms with Crippen LogP contribution in [0, 0.1) is 6.92 Å². The summed E-state index contributed by atoms with van der Waals surface area (Å²) in [5, 5.41) is 0. The molecule has 0 saturated heterocycles. The summed E-state index contributed by atoms with van der Waals surface area (Å²) in [5.74, 6) is 0. The Morgan fingerprint density at radius 1 is 1.38 bits per heavy atom. The second-order valence-electron chi connectivity index (χ2n) is 2.36. The van der Waals surface area contributed by atoms with Crippen molar-refractivity contribution >= 4 is 21.8 Å². The predicted octanol–water partition coefficient (Wildman–Crippen LogP) is -0.785. The van der Waals surface area contributed by atoms with E-state index in [-0.39, 0.29) is 34.5 Å². The Bertz CT molecular complexity index is 380. The number of rotatable bonds is 2. The average molecular weight is 228 g/mol. The van der Waals surface area contributed by atoms with Crippen LogP contribution in [-0.2, 0) is 10.0 Å². The maximum atomic E-state index is 11.1. The van der Waals surface area contributed by atoms with Gasteiger partial charge in [-0.25, -0.2) is 8.42 Å². The van der Waals surface area contributed by atoms with Crippen molar-refractivity contribution < 1.29 is 38.0 Å². The van der Waals surface area contributed by atoms with Gasteiger partial charge in [-0.1, -0.05) is 12.1 Å². The molecule has 0 aliphatic heterocycles. The molecule has 0 atom stereocenters. The van der Waals surface area contributed by atoms with Crippen molar-refractivity contribution in [1.82, 2.24) is 0 Å². The van der Waals surface area contributed by atoms with Gasteiger partial charge in [0.2, 0.25) is 0 Å². The molecule has 66 valence electrons. The Balaban J connectivity index is 0.00000144. The van der Waals surface area contributed by atoms with E-state index in [1.165, 1.54) is 12.1 Å². The number of halogens is 1. The van der Waals surface area contributed by atoms with Gasteiger partial charge in [-0.2, -0.15) is 0 Å². The fourth-order valence-electron chi connectivity index (χ4n) is 0.816. The van der Waals surface area contributed by atoms with Crippen LogP contribution in [0.5, 0.6) is 0 Å². The largest absolute Gasteiger partial charge is 1.00 e. The van der Waals surface area contributed by atoms with E-state index in [0.29, 0.717) is 0 Å². The molecular weight excluding hydrogens is 221 g/mol. The zero-order valence-electron chi connectivity index (χ0n) is 7.36. The van der Waals surface area contributed by atoms with Gasteiger partial charge in [0, 0.05) is 4.90 Å². The number of hydrogen-bond donors (Lipinski definition) is 0. The van der Waals surface area contributed by atoms with E-state index in [1.54, 1.807) is 19.1 Å². The standard InChI is InChI=1S/C7H7ClNO2S.Na/c1-6-3-2-4-7(5-6)12(10,11)9-8;/h2-5H,1H3;/q-1;+1. The number of aryl methyl sites for hydroxylation is 1. The van der Waals surface area contributed by atoms with Crippen LogP contribution in [0.1, 0.15) is 5.56 Å². The van der Waals surface area contributed by atoms with Crippen molar-refractivity contribution in [2.24, 2.45) is 0 Å². The molecule has 1 aromatic rings. The molecular formula is C7H7ClNNaO2S. The van der Waals surface area contributed by atoms with E-state index < -0.39 is 10.0 Å². The van der Waals surface area contributed by atoms with Crippen LogP contribution in [-0.4, -0.2) is 8.42 Å². The molecule has 0 spiro atoms. The molecule has 0 fully saturated rings. The maximum Gasteiger partial charge on any atom is 1.00 e. The fraction of sp³-hybridized carbons (Fsp3) is 0.143. The Morgan fingerprint density at radius 3 is 2.46 bits per heavy atom. The van der Waals surface area contributed by atoms with E-state index in [4.69, 9.17) is 11.8 Å². The third-order valence-electron chi connectivity index (χ3n) is 1.38. The van der Waals surface area contributed by atoms with Gasteiger partial charge in [0.1, 0.15) is 10.0 Å². The van der Waals surface area contributed by atoms with Crippen molar-refractivity contribution in [3.8, 4) is 0 Å². The summed E-state index contributed by atoms with van der Waals surface area (Å²) in [6, 6.07) is 6.41. The third kappa shape index (κ3) is 3.58. The number of hydrogen-bond acceptors (Lipinski definition) is 2. The van der Waals surface area contributed by atoms with Gasteiger partial charge in [0.25, 0.3) is 0 Å². The second kappa shape index (κ2) is 5.34. The van der Waals surface area contributed by atoms with Crippen LogP contribution >= 0.6 is 11.8 Å². The molecule has 6 heteroatoms. The smallest absolute Gasteiger partial charge is 0.458 e. The number of sulfonamides is 1. The summed E-state index contributed by atoms with van der Waals surface area (Å²) in [6.45, 7) is 1.80. The van der Waals surface area contributed by atoms with Gasteiger partial charge in [-0.3, -0.25) is 11.8 Å². The quantitative estimate of drug-likeness (QED) is 0.622. The molecule has 0 bridgehead atoms. The Labute approximate surface area is 105 Å². The summed E-state index contributed by atoms with van der Waals surface area (Å²) in [5.41, 5.74) is 0.858. The minimum atomic E-state index is -3.63. The van der Waals surface area contributed by atoms with Crippen LogP contribution in [0.3, 0.4) is 0 Å². The SMILES string of the molecule is Cc1cccc(S(=O)(=O)[N-]Cl)c1.[Na+]. The third-order valence-corrected chi connectivity index (χ3v) is 2.95. The molecule has 1 aromatic carbocycles. The van der Waals surface area contributed by atoms with Crippen molar-refractivity contribution in [1.29, 1.82) is 0 Å². The number of nitrogens with zero attached hydrogens (tertiary/aromatic N) is 1. The average Bonchev–Trinajstić information content (AvgIpc) is 2.05. The van der Waals surface area contributed by atoms with E-state index in [1.807, 2.05) is 0 Å². The second-order valence-corrected chi connectivity index (χ2v) is 4.33. The van der Waals surface area contributed by atoms with Crippen molar-refractivity contribution in [3.05, 3.63) is 34.1 Å². The molecule has 0 amide bonds. The van der Waals surface area contributed by atoms with Gasteiger partial charge in [0.15, 0.2) is 0 Å². The van der Waals surface area contributed by atoms with Crippen LogP contribution in [0.15, 0.2) is 29.2 Å². The maximum absolute atomic E-state index is 11.1. The predicted molar refractivity (Wildman–Crippen MR) is 47.6 cm³/mol. The molecule has 0 aromatic heterocycles. The molecule has 13 heavy (non-hydrogen) atoms. The summed E-state index contributed by atoms with van der Waals surface area (Å²) >= 11 is 4.92. The molecule has 3 nitrogen and oxygen atoms in total. The Kier molecular flexibility index (Phi) is 5.51.